The van der Waals surface area contributed by atoms with E-state index in [2.05, 4.69) is 34.0 Å². The molecule has 1 amide bonds. The van der Waals surface area contributed by atoms with Gasteiger partial charge in [-0.2, -0.15) is 0 Å². The Kier molecular flexibility index (Phi) is 10.6. The van der Waals surface area contributed by atoms with Crippen LogP contribution in [0.5, 0.6) is 0 Å². The molecule has 6 nitrogen and oxygen atoms in total. The maximum Gasteiger partial charge on any atom is 0.225 e. The Morgan fingerprint density at radius 1 is 1.24 bits per heavy atom. The first-order valence-electron chi connectivity index (χ1n) is 14.6. The van der Waals surface area contributed by atoms with Crippen molar-refractivity contribution < 1.29 is 13.9 Å². The van der Waals surface area contributed by atoms with Gasteiger partial charge in [-0.3, -0.25) is 4.79 Å². The van der Waals surface area contributed by atoms with Gasteiger partial charge in [0.2, 0.25) is 11.9 Å². The first kappa shape index (κ1) is 29.0. The second-order valence-corrected chi connectivity index (χ2v) is 12.0. The van der Waals surface area contributed by atoms with Crippen LogP contribution in [0.4, 0.5) is 10.3 Å². The van der Waals surface area contributed by atoms with Crippen LogP contribution in [0.3, 0.4) is 0 Å². The largest absolute Gasteiger partial charge is 0.374 e. The van der Waals surface area contributed by atoms with Gasteiger partial charge < -0.3 is 15.0 Å². The highest BCUT2D eigenvalue weighted by Crippen LogP contribution is 2.32. The molecule has 38 heavy (non-hydrogen) atoms. The van der Waals surface area contributed by atoms with Gasteiger partial charge in [0.25, 0.3) is 0 Å². The molecule has 0 radical (unpaired) electrons. The zero-order chi connectivity index (χ0) is 27.0. The molecular formula is C30H44ClFN4O2. The van der Waals surface area contributed by atoms with Crippen molar-refractivity contribution in [1.82, 2.24) is 15.3 Å². The number of allylic oxidation sites excluding steroid dienone is 1. The van der Waals surface area contributed by atoms with Gasteiger partial charge in [0.1, 0.15) is 5.83 Å². The summed E-state index contributed by atoms with van der Waals surface area (Å²) in [6.45, 7) is 6.95. The topological polar surface area (TPSA) is 67.3 Å². The molecule has 2 fully saturated rings. The van der Waals surface area contributed by atoms with Crippen molar-refractivity contribution in [3.8, 4) is 0 Å². The second-order valence-electron chi connectivity index (χ2n) is 11.6. The molecule has 1 saturated carbocycles. The van der Waals surface area contributed by atoms with Gasteiger partial charge in [-0.05, 0) is 62.9 Å². The summed E-state index contributed by atoms with van der Waals surface area (Å²) in [4.78, 5) is 23.5. The molecule has 1 aliphatic heterocycles. The number of hydrogen-bond donors (Lipinski definition) is 1. The molecule has 1 aromatic heterocycles. The molecule has 0 bridgehead atoms. The van der Waals surface area contributed by atoms with Crippen LogP contribution in [-0.2, 0) is 9.53 Å². The molecule has 2 atom stereocenters. The van der Waals surface area contributed by atoms with Crippen molar-refractivity contribution in [2.75, 3.05) is 24.6 Å². The summed E-state index contributed by atoms with van der Waals surface area (Å²) in [7, 11) is 0. The van der Waals surface area contributed by atoms with E-state index < -0.39 is 0 Å². The van der Waals surface area contributed by atoms with E-state index in [4.69, 9.17) is 16.3 Å². The van der Waals surface area contributed by atoms with Crippen LogP contribution >= 0.6 is 11.6 Å². The smallest absolute Gasteiger partial charge is 0.225 e. The van der Waals surface area contributed by atoms with Crippen LogP contribution < -0.4 is 10.2 Å². The highest BCUT2D eigenvalue weighted by atomic mass is 35.5. The molecule has 2 heterocycles. The van der Waals surface area contributed by atoms with E-state index in [1.165, 1.54) is 6.42 Å². The molecule has 2 unspecified atom stereocenters. The molecule has 3 aliphatic rings. The SMILES string of the molecule is CCC(CCCOC1C=CC(CC(=O)NC2(C)CCCCC2)=C(F)C1)C1CCN(c2ncc(Cl)cn2)CC1. The number of halogens is 2. The molecule has 4 rings (SSSR count). The lowest BCUT2D eigenvalue weighted by Crippen LogP contribution is -2.47. The number of nitrogens with zero attached hydrogens (tertiary/aromatic N) is 3. The predicted octanol–water partition coefficient (Wildman–Crippen LogP) is 6.95. The summed E-state index contributed by atoms with van der Waals surface area (Å²) in [5, 5.41) is 3.71. The van der Waals surface area contributed by atoms with Gasteiger partial charge in [-0.1, -0.05) is 56.4 Å². The summed E-state index contributed by atoms with van der Waals surface area (Å²) in [6.07, 6.45) is 18.1. The lowest BCUT2D eigenvalue weighted by molar-refractivity contribution is -0.122. The second kappa shape index (κ2) is 13.9. The molecule has 2 aliphatic carbocycles. The van der Waals surface area contributed by atoms with Crippen LogP contribution in [0.1, 0.15) is 90.9 Å². The van der Waals surface area contributed by atoms with E-state index in [0.717, 1.165) is 76.8 Å². The van der Waals surface area contributed by atoms with Crippen molar-refractivity contribution >= 4 is 23.5 Å². The third-order valence-corrected chi connectivity index (χ3v) is 8.86. The van der Waals surface area contributed by atoms with Crippen LogP contribution in [0.15, 0.2) is 35.9 Å². The maximum absolute atomic E-state index is 14.8. The van der Waals surface area contributed by atoms with E-state index >= 15 is 0 Å². The predicted molar refractivity (Wildman–Crippen MR) is 151 cm³/mol. The lowest BCUT2D eigenvalue weighted by Gasteiger charge is -2.36. The minimum absolute atomic E-state index is 0.0827. The number of aromatic nitrogens is 2. The summed E-state index contributed by atoms with van der Waals surface area (Å²) in [6, 6.07) is 0. The number of carbonyl (C=O) groups excluding carboxylic acids is 1. The Morgan fingerprint density at radius 2 is 1.95 bits per heavy atom. The van der Waals surface area contributed by atoms with Crippen molar-refractivity contribution in [2.24, 2.45) is 11.8 Å². The van der Waals surface area contributed by atoms with Gasteiger partial charge in [-0.15, -0.1) is 0 Å². The van der Waals surface area contributed by atoms with E-state index in [-0.39, 0.29) is 36.2 Å². The van der Waals surface area contributed by atoms with Crippen LogP contribution in [-0.4, -0.2) is 47.2 Å². The Balaban J connectivity index is 1.14. The van der Waals surface area contributed by atoms with Crippen LogP contribution in [0.25, 0.3) is 0 Å². The molecule has 8 heteroatoms. The van der Waals surface area contributed by atoms with E-state index in [1.54, 1.807) is 18.5 Å². The number of nitrogens with one attached hydrogen (secondary N) is 1. The fraction of sp³-hybridized carbons (Fsp3) is 0.700. The summed E-state index contributed by atoms with van der Waals surface area (Å²) in [5.74, 6) is 1.83. The van der Waals surface area contributed by atoms with Crippen molar-refractivity contribution in [2.45, 2.75) is 103 Å². The Bertz CT molecular complexity index is 969. The highest BCUT2D eigenvalue weighted by Gasteiger charge is 2.29. The zero-order valence-corrected chi connectivity index (χ0v) is 23.8. The quantitative estimate of drug-likeness (QED) is 0.304. The molecule has 1 saturated heterocycles. The first-order valence-corrected chi connectivity index (χ1v) is 14.9. The van der Waals surface area contributed by atoms with Gasteiger partial charge in [0.05, 0.1) is 29.9 Å². The number of ether oxygens (including phenoxy) is 1. The molecule has 1 N–H and O–H groups in total. The van der Waals surface area contributed by atoms with Crippen LogP contribution in [0, 0.1) is 11.8 Å². The van der Waals surface area contributed by atoms with Gasteiger partial charge >= 0.3 is 0 Å². The Hall–Kier alpha value is -1.99. The average Bonchev–Trinajstić information content (AvgIpc) is 2.91. The van der Waals surface area contributed by atoms with Crippen LogP contribution in [0.2, 0.25) is 5.02 Å². The first-order chi connectivity index (χ1) is 18.3. The minimum atomic E-state index is -0.250. The summed E-state index contributed by atoms with van der Waals surface area (Å²) < 4.78 is 20.8. The normalized spacial score (nSPS) is 22.9. The number of hydrogen-bond acceptors (Lipinski definition) is 5. The summed E-state index contributed by atoms with van der Waals surface area (Å²) in [5.41, 5.74) is 0.345. The third kappa shape index (κ3) is 8.25. The third-order valence-electron chi connectivity index (χ3n) is 8.66. The fourth-order valence-electron chi connectivity index (χ4n) is 6.36. The summed E-state index contributed by atoms with van der Waals surface area (Å²) >= 11 is 5.92. The van der Waals surface area contributed by atoms with E-state index in [1.807, 2.05) is 6.08 Å². The standard InChI is InChI=1S/C30H44ClFN4O2/c1-3-22(23-11-15-36(16-12-23)29-33-20-25(31)21-34-29)8-7-17-38-26-10-9-24(27(32)19-26)18-28(37)35-30(2)13-5-4-6-14-30/h9-10,20-23,26H,3-8,11-19H2,1-2H3,(H,35,37). The van der Waals surface area contributed by atoms with Crippen molar-refractivity contribution in [3.63, 3.8) is 0 Å². The van der Waals surface area contributed by atoms with Gasteiger partial charge in [0.15, 0.2) is 0 Å². The minimum Gasteiger partial charge on any atom is -0.374 e. The molecule has 0 spiro atoms. The fourth-order valence-corrected chi connectivity index (χ4v) is 6.46. The molecule has 1 aromatic rings. The van der Waals surface area contributed by atoms with Crippen molar-refractivity contribution in [3.05, 3.63) is 41.0 Å². The lowest BCUT2D eigenvalue weighted by atomic mass is 9.80. The van der Waals surface area contributed by atoms with Gasteiger partial charge in [0, 0.05) is 31.7 Å². The zero-order valence-electron chi connectivity index (χ0n) is 23.1. The Morgan fingerprint density at radius 3 is 2.61 bits per heavy atom. The monoisotopic (exact) mass is 546 g/mol. The number of amides is 1. The molecule has 0 aromatic carbocycles. The number of piperidine rings is 1. The maximum atomic E-state index is 14.8. The number of anilines is 1. The highest BCUT2D eigenvalue weighted by molar-refractivity contribution is 6.30. The van der Waals surface area contributed by atoms with Gasteiger partial charge in [-0.25, -0.2) is 14.4 Å². The number of carbonyl (C=O) groups is 1. The Labute approximate surface area is 232 Å². The van der Waals surface area contributed by atoms with E-state index in [9.17, 15) is 9.18 Å². The average molecular weight is 547 g/mol. The molecule has 210 valence electrons. The number of rotatable bonds is 11. The van der Waals surface area contributed by atoms with Crippen molar-refractivity contribution in [1.29, 1.82) is 0 Å². The van der Waals surface area contributed by atoms with E-state index in [0.29, 0.717) is 29.0 Å². The molecular weight excluding hydrogens is 503 g/mol.